The molecule has 3 aromatic rings. The number of aryl methyl sites for hydroxylation is 2. The lowest BCUT2D eigenvalue weighted by Crippen LogP contribution is -1.87. The molecule has 0 atom stereocenters. The van der Waals surface area contributed by atoms with E-state index in [0.717, 1.165) is 31.6 Å². The molecule has 0 fully saturated rings. The molecular weight excluding hydrogens is 256 g/mol. The van der Waals surface area contributed by atoms with Gasteiger partial charge >= 0.3 is 0 Å². The Bertz CT molecular complexity index is 751. The minimum absolute atomic E-state index is 0.0543. The molecule has 0 spiro atoms. The summed E-state index contributed by atoms with van der Waals surface area (Å²) in [7, 11) is 0. The molecule has 0 aliphatic rings. The molecule has 0 unspecified atom stereocenters. The first-order chi connectivity index (χ1) is 8.09. The third-order valence-corrected chi connectivity index (χ3v) is 4.51. The topological polar surface area (TPSA) is 46.0 Å². The highest BCUT2D eigenvalue weighted by Gasteiger charge is 2.15. The second-order valence-corrected chi connectivity index (χ2v) is 5.31. The van der Waals surface area contributed by atoms with E-state index in [0.29, 0.717) is 5.02 Å². The molecule has 1 N–H and O–H groups in total. The zero-order valence-electron chi connectivity index (χ0n) is 9.28. The smallest absolute Gasteiger partial charge is 0.229 e. The van der Waals surface area contributed by atoms with Crippen molar-refractivity contribution in [2.45, 2.75) is 13.8 Å². The standard InChI is InChI=1S/C12H9ClN2OS/c1-5-8-7-3-4-14-11(16)10(7)17-12(8)15-6(2)9(5)13/h3-4H,1-2H3,(H,14,16). The average Bonchev–Trinajstić information content (AvgIpc) is 2.66. The summed E-state index contributed by atoms with van der Waals surface area (Å²) in [6.07, 6.45) is 1.59. The maximum Gasteiger partial charge on any atom is 0.229 e. The Balaban J connectivity index is 2.62. The monoisotopic (exact) mass is 264 g/mol. The molecule has 3 nitrogen and oxygen atoms in total. The van der Waals surface area contributed by atoms with Crippen molar-refractivity contribution in [3.05, 3.63) is 28.5 Å². The molecule has 0 saturated carbocycles. The molecular formula is C12H9ClN2OS. The van der Waals surface area contributed by atoms with Crippen LogP contribution in [0.4, 0.5) is 0 Å². The zero-order valence-corrected chi connectivity index (χ0v) is 10.9. The van der Waals surface area contributed by atoms with Crippen LogP contribution in [-0.4, -0.2) is 15.1 Å². The van der Waals surface area contributed by atoms with Crippen LogP contribution >= 0.6 is 22.9 Å². The first-order valence-corrected chi connectivity index (χ1v) is 6.32. The third kappa shape index (κ3) is 1.41. The predicted molar refractivity (Wildman–Crippen MR) is 71.1 cm³/mol. The first kappa shape index (κ1) is 10.7. The summed E-state index contributed by atoms with van der Waals surface area (Å²) in [5.74, 6) is 0.0543. The number of aromatic hydroxyl groups is 1. The summed E-state index contributed by atoms with van der Waals surface area (Å²) in [6, 6.07) is 1.88. The number of thiophene rings is 1. The van der Waals surface area contributed by atoms with E-state index < -0.39 is 0 Å². The fourth-order valence-electron chi connectivity index (χ4n) is 2.02. The number of fused-ring (bicyclic) bond motifs is 3. The van der Waals surface area contributed by atoms with Gasteiger partial charge in [0.1, 0.15) is 4.83 Å². The summed E-state index contributed by atoms with van der Waals surface area (Å²) in [4.78, 5) is 9.24. The van der Waals surface area contributed by atoms with Gasteiger partial charge in [-0.1, -0.05) is 11.6 Å². The summed E-state index contributed by atoms with van der Waals surface area (Å²) < 4.78 is 0.764. The van der Waals surface area contributed by atoms with E-state index in [1.54, 1.807) is 6.20 Å². The largest absolute Gasteiger partial charge is 0.492 e. The van der Waals surface area contributed by atoms with Gasteiger partial charge in [0.2, 0.25) is 5.88 Å². The van der Waals surface area contributed by atoms with Crippen LogP contribution in [0.5, 0.6) is 5.88 Å². The van der Waals surface area contributed by atoms with Crippen LogP contribution in [0.2, 0.25) is 5.02 Å². The van der Waals surface area contributed by atoms with E-state index in [9.17, 15) is 5.11 Å². The summed E-state index contributed by atoms with van der Waals surface area (Å²) in [5, 5.41) is 12.4. The molecule has 3 rings (SSSR count). The second kappa shape index (κ2) is 3.55. The van der Waals surface area contributed by atoms with Gasteiger partial charge in [-0.3, -0.25) is 0 Å². The lowest BCUT2D eigenvalue weighted by Gasteiger charge is -2.03. The Morgan fingerprint density at radius 1 is 1.35 bits per heavy atom. The Labute approximate surface area is 107 Å². The van der Waals surface area contributed by atoms with E-state index in [1.165, 1.54) is 11.3 Å². The van der Waals surface area contributed by atoms with Crippen molar-refractivity contribution in [2.24, 2.45) is 0 Å². The van der Waals surface area contributed by atoms with Gasteiger partial charge in [0.05, 0.1) is 15.4 Å². The van der Waals surface area contributed by atoms with Crippen LogP contribution in [-0.2, 0) is 0 Å². The lowest BCUT2D eigenvalue weighted by molar-refractivity contribution is 0.461. The van der Waals surface area contributed by atoms with Gasteiger partial charge < -0.3 is 5.11 Å². The molecule has 0 aromatic carbocycles. The fraction of sp³-hybridized carbons (Fsp3) is 0.167. The minimum atomic E-state index is 0.0543. The highest BCUT2D eigenvalue weighted by molar-refractivity contribution is 7.25. The Morgan fingerprint density at radius 2 is 2.12 bits per heavy atom. The molecule has 17 heavy (non-hydrogen) atoms. The number of halogens is 1. The number of rotatable bonds is 0. The van der Waals surface area contributed by atoms with Gasteiger partial charge in [-0.25, -0.2) is 9.97 Å². The van der Waals surface area contributed by atoms with Crippen LogP contribution in [0.15, 0.2) is 12.3 Å². The van der Waals surface area contributed by atoms with E-state index in [-0.39, 0.29) is 5.88 Å². The third-order valence-electron chi connectivity index (χ3n) is 2.86. The number of aromatic nitrogens is 2. The Hall–Kier alpha value is -1.39. The van der Waals surface area contributed by atoms with Crippen molar-refractivity contribution in [3.8, 4) is 5.88 Å². The second-order valence-electron chi connectivity index (χ2n) is 3.93. The van der Waals surface area contributed by atoms with Crippen molar-refractivity contribution in [3.63, 3.8) is 0 Å². The highest BCUT2D eigenvalue weighted by atomic mass is 35.5. The predicted octanol–water partition coefficient (Wildman–Crippen LogP) is 3.82. The molecule has 0 aliphatic carbocycles. The van der Waals surface area contributed by atoms with Gasteiger partial charge in [0, 0.05) is 17.0 Å². The molecule has 0 bridgehead atoms. The molecule has 0 aliphatic heterocycles. The van der Waals surface area contributed by atoms with Crippen LogP contribution in [0.3, 0.4) is 0 Å². The van der Waals surface area contributed by atoms with Crippen molar-refractivity contribution in [2.75, 3.05) is 0 Å². The van der Waals surface area contributed by atoms with E-state index >= 15 is 0 Å². The molecule has 0 saturated heterocycles. The number of hydrogen-bond acceptors (Lipinski definition) is 4. The van der Waals surface area contributed by atoms with Crippen molar-refractivity contribution in [1.29, 1.82) is 0 Å². The number of nitrogens with zero attached hydrogens (tertiary/aromatic N) is 2. The number of pyridine rings is 2. The Kier molecular flexibility index (Phi) is 2.24. The number of hydrogen-bond donors (Lipinski definition) is 1. The quantitative estimate of drug-likeness (QED) is 0.671. The highest BCUT2D eigenvalue weighted by Crippen LogP contribution is 2.40. The van der Waals surface area contributed by atoms with Gasteiger partial charge in [-0.15, -0.1) is 11.3 Å². The van der Waals surface area contributed by atoms with Crippen LogP contribution in [0, 0.1) is 13.8 Å². The molecule has 0 amide bonds. The molecule has 5 heteroatoms. The molecule has 86 valence electrons. The Morgan fingerprint density at radius 3 is 2.88 bits per heavy atom. The molecule has 3 heterocycles. The van der Waals surface area contributed by atoms with Gasteiger partial charge in [-0.2, -0.15) is 0 Å². The zero-order chi connectivity index (χ0) is 12.2. The minimum Gasteiger partial charge on any atom is -0.492 e. The van der Waals surface area contributed by atoms with E-state index in [1.807, 2.05) is 19.9 Å². The van der Waals surface area contributed by atoms with Crippen LogP contribution in [0.25, 0.3) is 20.3 Å². The summed E-state index contributed by atoms with van der Waals surface area (Å²) in [5.41, 5.74) is 1.82. The summed E-state index contributed by atoms with van der Waals surface area (Å²) in [6.45, 7) is 3.86. The van der Waals surface area contributed by atoms with Crippen LogP contribution in [0.1, 0.15) is 11.3 Å². The van der Waals surface area contributed by atoms with Crippen molar-refractivity contribution < 1.29 is 5.11 Å². The van der Waals surface area contributed by atoms with Crippen molar-refractivity contribution >= 4 is 43.2 Å². The molecule has 0 radical (unpaired) electrons. The van der Waals surface area contributed by atoms with Gasteiger partial charge in [0.15, 0.2) is 0 Å². The van der Waals surface area contributed by atoms with E-state index in [2.05, 4.69) is 9.97 Å². The SMILES string of the molecule is Cc1nc2sc3c(O)nccc3c2c(C)c1Cl. The maximum atomic E-state index is 9.74. The molecule has 3 aromatic heterocycles. The maximum absolute atomic E-state index is 9.74. The first-order valence-electron chi connectivity index (χ1n) is 5.12. The lowest BCUT2D eigenvalue weighted by atomic mass is 10.1. The fourth-order valence-corrected chi connectivity index (χ4v) is 3.32. The van der Waals surface area contributed by atoms with E-state index in [4.69, 9.17) is 11.6 Å². The summed E-state index contributed by atoms with van der Waals surface area (Å²) >= 11 is 7.66. The van der Waals surface area contributed by atoms with Crippen LogP contribution < -0.4 is 0 Å². The van der Waals surface area contributed by atoms with Crippen molar-refractivity contribution in [1.82, 2.24) is 9.97 Å². The van der Waals surface area contributed by atoms with Gasteiger partial charge in [0.25, 0.3) is 0 Å². The van der Waals surface area contributed by atoms with Gasteiger partial charge in [-0.05, 0) is 25.5 Å². The normalized spacial score (nSPS) is 11.5. The average molecular weight is 265 g/mol.